The summed E-state index contributed by atoms with van der Waals surface area (Å²) in [7, 11) is 0. The van der Waals surface area contributed by atoms with Gasteiger partial charge in [0, 0.05) is 11.4 Å². The summed E-state index contributed by atoms with van der Waals surface area (Å²) in [6, 6.07) is 1.45. The van der Waals surface area contributed by atoms with E-state index in [1.54, 1.807) is 0 Å². The lowest BCUT2D eigenvalue weighted by molar-refractivity contribution is -0.147. The lowest BCUT2D eigenvalue weighted by atomic mass is 10.1. The van der Waals surface area contributed by atoms with Crippen LogP contribution in [0, 0.1) is 0 Å². The summed E-state index contributed by atoms with van der Waals surface area (Å²) in [4.78, 5) is -1.47. The van der Waals surface area contributed by atoms with Crippen LogP contribution in [0.3, 0.4) is 0 Å². The second-order valence-corrected chi connectivity index (χ2v) is 4.15. The zero-order chi connectivity index (χ0) is 12.6. The van der Waals surface area contributed by atoms with Gasteiger partial charge in [-0.2, -0.15) is 26.3 Å². The van der Waals surface area contributed by atoms with Gasteiger partial charge in [-0.1, -0.05) is 0 Å². The highest BCUT2D eigenvalue weighted by atomic mass is 32.1. The van der Waals surface area contributed by atoms with Gasteiger partial charge < -0.3 is 5.73 Å². The van der Waals surface area contributed by atoms with E-state index in [0.29, 0.717) is 6.07 Å². The standard InChI is InChI=1S/C8H7F6NS/c9-7(10,11)4(3-15)5-1-2-6(16-5)8(12,13)14/h1-2,4H,3,15H2. The van der Waals surface area contributed by atoms with Gasteiger partial charge in [-0.05, 0) is 12.1 Å². The zero-order valence-corrected chi connectivity index (χ0v) is 8.51. The van der Waals surface area contributed by atoms with Crippen LogP contribution in [0.4, 0.5) is 26.3 Å². The molecule has 1 unspecified atom stereocenters. The molecule has 0 amide bonds. The van der Waals surface area contributed by atoms with Crippen LogP contribution in [0.1, 0.15) is 15.7 Å². The highest BCUT2D eigenvalue weighted by Gasteiger charge is 2.42. The molecule has 0 saturated heterocycles. The van der Waals surface area contributed by atoms with Gasteiger partial charge in [-0.25, -0.2) is 0 Å². The number of hydrogen-bond donors (Lipinski definition) is 1. The number of halogens is 6. The first kappa shape index (κ1) is 13.3. The minimum absolute atomic E-state index is 0.0744. The van der Waals surface area contributed by atoms with E-state index >= 15 is 0 Å². The van der Waals surface area contributed by atoms with Crippen LogP contribution in [0.2, 0.25) is 0 Å². The maximum Gasteiger partial charge on any atom is 0.425 e. The van der Waals surface area contributed by atoms with E-state index in [0.717, 1.165) is 6.07 Å². The van der Waals surface area contributed by atoms with E-state index < -0.39 is 34.6 Å². The van der Waals surface area contributed by atoms with Gasteiger partial charge >= 0.3 is 12.4 Å². The summed E-state index contributed by atoms with van der Waals surface area (Å²) in [5.41, 5.74) is 4.91. The van der Waals surface area contributed by atoms with Crippen LogP contribution < -0.4 is 5.73 Å². The molecule has 8 heteroatoms. The predicted molar refractivity (Wildman–Crippen MR) is 47.2 cm³/mol. The summed E-state index contributed by atoms with van der Waals surface area (Å²) < 4.78 is 73.6. The average Bonchev–Trinajstić information content (AvgIpc) is 2.50. The van der Waals surface area contributed by atoms with Crippen molar-refractivity contribution in [2.24, 2.45) is 5.73 Å². The molecule has 0 aliphatic rings. The monoisotopic (exact) mass is 263 g/mol. The van der Waals surface area contributed by atoms with Crippen molar-refractivity contribution in [3.05, 3.63) is 21.9 Å². The van der Waals surface area contributed by atoms with Gasteiger partial charge in [0.15, 0.2) is 0 Å². The molecule has 1 aromatic heterocycles. The fourth-order valence-corrected chi connectivity index (χ4v) is 2.12. The van der Waals surface area contributed by atoms with E-state index in [9.17, 15) is 26.3 Å². The third-order valence-electron chi connectivity index (χ3n) is 1.88. The van der Waals surface area contributed by atoms with Gasteiger partial charge in [0.25, 0.3) is 0 Å². The molecular formula is C8H7F6NS. The number of rotatable bonds is 2. The van der Waals surface area contributed by atoms with Gasteiger partial charge in [0.05, 0.1) is 0 Å². The molecule has 1 atom stereocenters. The van der Waals surface area contributed by atoms with Gasteiger partial charge in [-0.15, -0.1) is 11.3 Å². The molecule has 92 valence electrons. The number of nitrogens with two attached hydrogens (primary N) is 1. The van der Waals surface area contributed by atoms with E-state index in [4.69, 9.17) is 5.73 Å². The van der Waals surface area contributed by atoms with Crippen molar-refractivity contribution < 1.29 is 26.3 Å². The summed E-state index contributed by atoms with van der Waals surface area (Å²) in [5, 5.41) is 0. The summed E-state index contributed by atoms with van der Waals surface area (Å²) in [6.45, 7) is -0.763. The van der Waals surface area contributed by atoms with Crippen molar-refractivity contribution in [2.75, 3.05) is 6.54 Å². The third-order valence-corrected chi connectivity index (χ3v) is 3.12. The Morgan fingerprint density at radius 3 is 2.00 bits per heavy atom. The Bertz CT molecular complexity index is 352. The molecule has 1 heterocycles. The molecule has 0 aromatic carbocycles. The number of hydrogen-bond acceptors (Lipinski definition) is 2. The fourth-order valence-electron chi connectivity index (χ4n) is 1.10. The van der Waals surface area contributed by atoms with E-state index in [1.165, 1.54) is 0 Å². The molecule has 0 spiro atoms. The van der Waals surface area contributed by atoms with Crippen molar-refractivity contribution in [1.82, 2.24) is 0 Å². The highest BCUT2D eigenvalue weighted by Crippen LogP contribution is 2.41. The largest absolute Gasteiger partial charge is 0.425 e. The van der Waals surface area contributed by atoms with Crippen LogP contribution in [0.15, 0.2) is 12.1 Å². The topological polar surface area (TPSA) is 26.0 Å². The first-order chi connectivity index (χ1) is 7.16. The molecule has 0 radical (unpaired) electrons. The second kappa shape index (κ2) is 4.25. The van der Waals surface area contributed by atoms with Crippen LogP contribution in [-0.2, 0) is 6.18 Å². The Morgan fingerprint density at radius 2 is 1.69 bits per heavy atom. The van der Waals surface area contributed by atoms with Crippen molar-refractivity contribution >= 4 is 11.3 Å². The molecule has 0 saturated carbocycles. The summed E-state index contributed by atoms with van der Waals surface area (Å²) in [5.74, 6) is -2.03. The Balaban J connectivity index is 3.01. The number of alkyl halides is 6. The van der Waals surface area contributed by atoms with Gasteiger partial charge in [-0.3, -0.25) is 0 Å². The predicted octanol–water partition coefficient (Wildman–Crippen LogP) is 3.37. The molecule has 1 nitrogen and oxygen atoms in total. The Labute approximate surface area is 90.9 Å². The Hall–Kier alpha value is -0.760. The average molecular weight is 263 g/mol. The number of thiophene rings is 1. The summed E-state index contributed by atoms with van der Waals surface area (Å²) in [6.07, 6.45) is -9.24. The van der Waals surface area contributed by atoms with E-state index in [1.807, 2.05) is 0 Å². The quantitative estimate of drug-likeness (QED) is 0.813. The van der Waals surface area contributed by atoms with Gasteiger partial charge in [0.2, 0.25) is 0 Å². The van der Waals surface area contributed by atoms with Crippen LogP contribution >= 0.6 is 11.3 Å². The highest BCUT2D eigenvalue weighted by molar-refractivity contribution is 7.12. The minimum atomic E-state index is -4.62. The van der Waals surface area contributed by atoms with Crippen molar-refractivity contribution in [3.63, 3.8) is 0 Å². The lowest BCUT2D eigenvalue weighted by Gasteiger charge is -2.16. The maximum absolute atomic E-state index is 12.4. The van der Waals surface area contributed by atoms with Crippen LogP contribution in [-0.4, -0.2) is 12.7 Å². The third kappa shape index (κ3) is 2.88. The van der Waals surface area contributed by atoms with E-state index in [-0.39, 0.29) is 11.3 Å². The molecule has 16 heavy (non-hydrogen) atoms. The molecule has 0 aliphatic carbocycles. The lowest BCUT2D eigenvalue weighted by Crippen LogP contribution is -2.27. The van der Waals surface area contributed by atoms with Crippen molar-refractivity contribution in [2.45, 2.75) is 18.3 Å². The zero-order valence-electron chi connectivity index (χ0n) is 7.69. The maximum atomic E-state index is 12.4. The van der Waals surface area contributed by atoms with Crippen molar-refractivity contribution in [1.29, 1.82) is 0 Å². The molecule has 0 aliphatic heterocycles. The Morgan fingerprint density at radius 1 is 1.12 bits per heavy atom. The fraction of sp³-hybridized carbons (Fsp3) is 0.500. The first-order valence-electron chi connectivity index (χ1n) is 4.10. The second-order valence-electron chi connectivity index (χ2n) is 3.03. The molecule has 1 aromatic rings. The van der Waals surface area contributed by atoms with Crippen LogP contribution in [0.25, 0.3) is 0 Å². The molecule has 1 rings (SSSR count). The summed E-state index contributed by atoms with van der Waals surface area (Å²) >= 11 is 0.0744. The van der Waals surface area contributed by atoms with E-state index in [2.05, 4.69) is 0 Å². The first-order valence-corrected chi connectivity index (χ1v) is 4.91. The van der Waals surface area contributed by atoms with Crippen LogP contribution in [0.5, 0.6) is 0 Å². The van der Waals surface area contributed by atoms with Crippen molar-refractivity contribution in [3.8, 4) is 0 Å². The SMILES string of the molecule is NCC(c1ccc(C(F)(F)F)s1)C(F)(F)F. The normalized spacial score (nSPS) is 15.2. The smallest absolute Gasteiger partial charge is 0.329 e. The molecular weight excluding hydrogens is 256 g/mol. The molecule has 0 fully saturated rings. The Kier molecular flexibility index (Phi) is 3.53. The van der Waals surface area contributed by atoms with Gasteiger partial charge in [0.1, 0.15) is 10.8 Å². The minimum Gasteiger partial charge on any atom is -0.329 e. The molecule has 0 bridgehead atoms. The molecule has 2 N–H and O–H groups in total.